The molecule has 3 aromatic rings. The summed E-state index contributed by atoms with van der Waals surface area (Å²) in [4.78, 5) is 26.0. The molecular formula is C25H28ClN7O3S. The van der Waals surface area contributed by atoms with Crippen molar-refractivity contribution in [2.45, 2.75) is 32.1 Å². The van der Waals surface area contributed by atoms with Gasteiger partial charge in [-0.3, -0.25) is 9.78 Å². The lowest BCUT2D eigenvalue weighted by molar-refractivity contribution is -0.117. The third kappa shape index (κ3) is 6.35. The van der Waals surface area contributed by atoms with E-state index in [1.54, 1.807) is 6.20 Å². The van der Waals surface area contributed by atoms with Crippen LogP contribution >= 0.6 is 11.6 Å². The number of piperidine rings is 1. The van der Waals surface area contributed by atoms with Crippen molar-refractivity contribution in [1.82, 2.24) is 19.3 Å². The van der Waals surface area contributed by atoms with Crippen LogP contribution in [0, 0.1) is 5.92 Å². The maximum atomic E-state index is 12.9. The molecule has 0 spiro atoms. The molecule has 37 heavy (non-hydrogen) atoms. The molecule has 2 aliphatic heterocycles. The first-order valence-corrected chi connectivity index (χ1v) is 14.3. The van der Waals surface area contributed by atoms with E-state index < -0.39 is 10.0 Å². The standard InChI is InChI=1S/C25H28ClN7O3S/c1-37(35,36)33-8-6-16(7-9-33)11-23(34)31-22-5-4-19-12-18(22)3-2-17-10-20(14-27-13-17)30-25-28-15-21(26)24(29-19)32-25/h4-5,10,12-16H,2-3,6-9,11H2,1H3,(H,31,34)(H2,28,29,30,32). The van der Waals surface area contributed by atoms with Crippen LogP contribution in [0.5, 0.6) is 0 Å². The molecule has 0 radical (unpaired) electrons. The van der Waals surface area contributed by atoms with Gasteiger partial charge in [-0.05, 0) is 67.0 Å². The summed E-state index contributed by atoms with van der Waals surface area (Å²) in [5.74, 6) is 0.940. The van der Waals surface area contributed by atoms with Gasteiger partial charge in [0.25, 0.3) is 0 Å². The Bertz CT molecular complexity index is 1430. The van der Waals surface area contributed by atoms with E-state index >= 15 is 0 Å². The molecule has 0 atom stereocenters. The molecule has 2 aliphatic rings. The van der Waals surface area contributed by atoms with Crippen LogP contribution in [0.3, 0.4) is 0 Å². The second-order valence-corrected chi connectivity index (χ2v) is 11.8. The number of hydrogen-bond acceptors (Lipinski definition) is 8. The summed E-state index contributed by atoms with van der Waals surface area (Å²) in [5, 5.41) is 9.89. The topological polar surface area (TPSA) is 129 Å². The fraction of sp³-hybridized carbons (Fsp3) is 0.360. The maximum Gasteiger partial charge on any atom is 0.229 e. The zero-order valence-corrected chi connectivity index (χ0v) is 21.9. The van der Waals surface area contributed by atoms with E-state index in [-0.39, 0.29) is 11.8 Å². The number of pyridine rings is 1. The summed E-state index contributed by atoms with van der Waals surface area (Å²) < 4.78 is 25.0. The van der Waals surface area contributed by atoms with Gasteiger partial charge in [0.05, 0.1) is 24.3 Å². The van der Waals surface area contributed by atoms with Crippen LogP contribution in [-0.2, 0) is 27.7 Å². The highest BCUT2D eigenvalue weighted by Gasteiger charge is 2.26. The number of carbonyl (C=O) groups excluding carboxylic acids is 1. The Morgan fingerprint density at radius 3 is 2.70 bits per heavy atom. The van der Waals surface area contributed by atoms with Gasteiger partial charge < -0.3 is 16.0 Å². The number of carbonyl (C=O) groups is 1. The number of amides is 1. The number of rotatable bonds is 4. The molecule has 0 saturated carbocycles. The highest BCUT2D eigenvalue weighted by Crippen LogP contribution is 2.30. The van der Waals surface area contributed by atoms with Crippen molar-refractivity contribution in [2.24, 2.45) is 5.92 Å². The molecular weight excluding hydrogens is 514 g/mol. The Morgan fingerprint density at radius 1 is 1.11 bits per heavy atom. The molecule has 194 valence electrons. The largest absolute Gasteiger partial charge is 0.339 e. The molecule has 3 N–H and O–H groups in total. The number of nitrogens with one attached hydrogen (secondary N) is 3. The summed E-state index contributed by atoms with van der Waals surface area (Å²) >= 11 is 6.34. The summed E-state index contributed by atoms with van der Waals surface area (Å²) in [5.41, 5.74) is 4.31. The summed E-state index contributed by atoms with van der Waals surface area (Å²) in [6, 6.07) is 7.74. The quantitative estimate of drug-likeness (QED) is 0.450. The summed E-state index contributed by atoms with van der Waals surface area (Å²) in [7, 11) is -3.19. The lowest BCUT2D eigenvalue weighted by Crippen LogP contribution is -2.38. The van der Waals surface area contributed by atoms with Crippen molar-refractivity contribution in [1.29, 1.82) is 0 Å². The highest BCUT2D eigenvalue weighted by molar-refractivity contribution is 7.88. The van der Waals surface area contributed by atoms with Gasteiger partial charge in [0.15, 0.2) is 5.82 Å². The van der Waals surface area contributed by atoms with Crippen LogP contribution in [0.15, 0.2) is 42.9 Å². The van der Waals surface area contributed by atoms with Crippen LogP contribution in [0.2, 0.25) is 5.02 Å². The average Bonchev–Trinajstić information content (AvgIpc) is 2.86. The van der Waals surface area contributed by atoms with Gasteiger partial charge in [0, 0.05) is 37.1 Å². The summed E-state index contributed by atoms with van der Waals surface area (Å²) in [6.45, 7) is 0.912. The van der Waals surface area contributed by atoms with E-state index in [0.717, 1.165) is 34.6 Å². The number of fused-ring (bicyclic) bond motifs is 6. The zero-order chi connectivity index (χ0) is 26.0. The van der Waals surface area contributed by atoms with Gasteiger partial charge in [-0.25, -0.2) is 17.7 Å². The van der Waals surface area contributed by atoms with Crippen LogP contribution in [0.4, 0.5) is 28.8 Å². The van der Waals surface area contributed by atoms with Crippen LogP contribution in [0.1, 0.15) is 30.4 Å². The van der Waals surface area contributed by atoms with Crippen molar-refractivity contribution < 1.29 is 13.2 Å². The molecule has 4 heterocycles. The Labute approximate surface area is 220 Å². The molecule has 1 aromatic carbocycles. The van der Waals surface area contributed by atoms with Gasteiger partial charge in [0.1, 0.15) is 5.02 Å². The number of sulfonamides is 1. The minimum Gasteiger partial charge on any atom is -0.339 e. The molecule has 0 unspecified atom stereocenters. The van der Waals surface area contributed by atoms with Crippen LogP contribution in [0.25, 0.3) is 0 Å². The van der Waals surface area contributed by atoms with Crippen molar-refractivity contribution in [3.05, 3.63) is 59.0 Å². The molecule has 1 fully saturated rings. The van der Waals surface area contributed by atoms with E-state index in [9.17, 15) is 13.2 Å². The third-order valence-electron chi connectivity index (χ3n) is 6.64. The van der Waals surface area contributed by atoms with Gasteiger partial charge in [0.2, 0.25) is 21.9 Å². The molecule has 1 saturated heterocycles. The second-order valence-electron chi connectivity index (χ2n) is 9.45. The highest BCUT2D eigenvalue weighted by atomic mass is 35.5. The lowest BCUT2D eigenvalue weighted by Gasteiger charge is -2.29. The molecule has 6 bridgehead atoms. The number of hydrogen-bond donors (Lipinski definition) is 3. The number of aryl methyl sites for hydroxylation is 2. The number of benzene rings is 1. The number of nitrogens with zero attached hydrogens (tertiary/aromatic N) is 4. The van der Waals surface area contributed by atoms with Crippen molar-refractivity contribution in [2.75, 3.05) is 35.3 Å². The zero-order valence-electron chi connectivity index (χ0n) is 20.4. The smallest absolute Gasteiger partial charge is 0.229 e. The van der Waals surface area contributed by atoms with E-state index in [1.807, 2.05) is 30.5 Å². The molecule has 2 aromatic heterocycles. The first kappa shape index (κ1) is 25.4. The normalized spacial score (nSPS) is 16.4. The number of anilines is 5. The third-order valence-corrected chi connectivity index (χ3v) is 8.22. The van der Waals surface area contributed by atoms with Gasteiger partial charge in [-0.2, -0.15) is 4.98 Å². The van der Waals surface area contributed by atoms with Crippen molar-refractivity contribution >= 4 is 56.4 Å². The molecule has 1 amide bonds. The second kappa shape index (κ2) is 10.6. The SMILES string of the molecule is CS(=O)(=O)N1CCC(CC(=O)Nc2ccc3cc2CCc2cncc(c2)Nc2ncc(Cl)c(n2)N3)CC1. The minimum atomic E-state index is -3.19. The maximum absolute atomic E-state index is 12.9. The van der Waals surface area contributed by atoms with E-state index in [1.165, 1.54) is 16.8 Å². The lowest BCUT2D eigenvalue weighted by atomic mass is 9.94. The Morgan fingerprint density at radius 2 is 1.92 bits per heavy atom. The van der Waals surface area contributed by atoms with E-state index in [4.69, 9.17) is 11.6 Å². The number of aromatic nitrogens is 3. The van der Waals surface area contributed by atoms with E-state index in [0.29, 0.717) is 55.6 Å². The monoisotopic (exact) mass is 541 g/mol. The number of halogens is 1. The Hall–Kier alpha value is -3.28. The molecule has 0 aliphatic carbocycles. The van der Waals surface area contributed by atoms with Crippen molar-refractivity contribution in [3.8, 4) is 0 Å². The predicted octanol–water partition coefficient (Wildman–Crippen LogP) is 4.11. The van der Waals surface area contributed by atoms with Gasteiger partial charge in [-0.1, -0.05) is 11.6 Å². The minimum absolute atomic E-state index is 0.0750. The fourth-order valence-corrected chi connectivity index (χ4v) is 5.67. The Balaban J connectivity index is 1.35. The first-order chi connectivity index (χ1) is 17.7. The Kier molecular flexibility index (Phi) is 7.27. The molecule has 5 rings (SSSR count). The van der Waals surface area contributed by atoms with Crippen LogP contribution < -0.4 is 16.0 Å². The fourth-order valence-electron chi connectivity index (χ4n) is 4.66. The summed E-state index contributed by atoms with van der Waals surface area (Å²) in [6.07, 6.45) is 9.40. The molecule has 10 nitrogen and oxygen atoms in total. The first-order valence-electron chi connectivity index (χ1n) is 12.1. The molecule has 12 heteroatoms. The van der Waals surface area contributed by atoms with E-state index in [2.05, 4.69) is 30.9 Å². The van der Waals surface area contributed by atoms with Gasteiger partial charge >= 0.3 is 0 Å². The average molecular weight is 542 g/mol. The van der Waals surface area contributed by atoms with Gasteiger partial charge in [-0.15, -0.1) is 0 Å². The predicted molar refractivity (Wildman–Crippen MR) is 144 cm³/mol. The van der Waals surface area contributed by atoms with Crippen molar-refractivity contribution in [3.63, 3.8) is 0 Å². The van der Waals surface area contributed by atoms with Crippen LogP contribution in [-0.4, -0.2) is 52.9 Å².